The number of amides is 2. The van der Waals surface area contributed by atoms with Gasteiger partial charge in [0, 0.05) is 25.6 Å². The molecule has 5 nitrogen and oxygen atoms in total. The molecule has 1 aromatic rings. The van der Waals surface area contributed by atoms with Gasteiger partial charge in [-0.15, -0.1) is 0 Å². The van der Waals surface area contributed by atoms with Crippen LogP contribution in [0, 0.1) is 17.6 Å². The van der Waals surface area contributed by atoms with Gasteiger partial charge in [-0.05, 0) is 39.2 Å². The van der Waals surface area contributed by atoms with E-state index in [1.54, 1.807) is 4.90 Å². The summed E-state index contributed by atoms with van der Waals surface area (Å²) < 4.78 is 26.4. The van der Waals surface area contributed by atoms with Crippen molar-refractivity contribution in [2.75, 3.05) is 39.0 Å². The van der Waals surface area contributed by atoms with Gasteiger partial charge in [-0.2, -0.15) is 0 Å². The molecule has 1 fully saturated rings. The largest absolute Gasteiger partial charge is 0.342 e. The molecule has 0 aliphatic carbocycles. The van der Waals surface area contributed by atoms with E-state index >= 15 is 0 Å². The number of rotatable bonds is 6. The van der Waals surface area contributed by atoms with E-state index in [1.165, 1.54) is 6.07 Å². The van der Waals surface area contributed by atoms with Crippen LogP contribution in [0.5, 0.6) is 0 Å². The van der Waals surface area contributed by atoms with Crippen LogP contribution < -0.4 is 5.32 Å². The Labute approximate surface area is 134 Å². The molecule has 1 aliphatic heterocycles. The molecule has 2 rings (SSSR count). The van der Waals surface area contributed by atoms with Gasteiger partial charge in [-0.1, -0.05) is 0 Å². The highest BCUT2D eigenvalue weighted by Crippen LogP contribution is 2.21. The fourth-order valence-corrected chi connectivity index (χ4v) is 2.57. The fourth-order valence-electron chi connectivity index (χ4n) is 2.57. The number of nitrogens with zero attached hydrogens (tertiary/aromatic N) is 2. The Morgan fingerprint density at radius 3 is 2.78 bits per heavy atom. The normalized spacial score (nSPS) is 17.9. The summed E-state index contributed by atoms with van der Waals surface area (Å²) in [5, 5.41) is 2.43. The Morgan fingerprint density at radius 1 is 1.39 bits per heavy atom. The SMILES string of the molecule is CN(C)CCCN1CC(C(=O)Nc2ccc(F)cc2F)CC1=O. The third-order valence-electron chi connectivity index (χ3n) is 3.81. The molecule has 1 N–H and O–H groups in total. The lowest BCUT2D eigenvalue weighted by molar-refractivity contribution is -0.128. The Bertz CT molecular complexity index is 593. The third kappa shape index (κ3) is 4.72. The number of anilines is 1. The number of benzene rings is 1. The average molecular weight is 325 g/mol. The number of halogens is 2. The number of likely N-dealkylation sites (tertiary alicyclic amines) is 1. The van der Waals surface area contributed by atoms with Gasteiger partial charge < -0.3 is 15.1 Å². The zero-order chi connectivity index (χ0) is 17.0. The first-order chi connectivity index (χ1) is 10.9. The van der Waals surface area contributed by atoms with Gasteiger partial charge in [-0.25, -0.2) is 8.78 Å². The zero-order valence-corrected chi connectivity index (χ0v) is 13.3. The quantitative estimate of drug-likeness (QED) is 0.866. The van der Waals surface area contributed by atoms with Crippen LogP contribution in [0.1, 0.15) is 12.8 Å². The molecule has 0 saturated carbocycles. The van der Waals surface area contributed by atoms with Gasteiger partial charge in [-0.3, -0.25) is 9.59 Å². The second-order valence-corrected chi connectivity index (χ2v) is 6.01. The molecular formula is C16H21F2N3O2. The van der Waals surface area contributed by atoms with Crippen LogP contribution in [0.2, 0.25) is 0 Å². The second kappa shape index (κ2) is 7.50. The minimum Gasteiger partial charge on any atom is -0.342 e. The minimum atomic E-state index is -0.828. The molecular weight excluding hydrogens is 304 g/mol. The number of carbonyl (C=O) groups is 2. The molecule has 0 radical (unpaired) electrons. The van der Waals surface area contributed by atoms with Crippen molar-refractivity contribution in [3.05, 3.63) is 29.8 Å². The maximum absolute atomic E-state index is 13.6. The van der Waals surface area contributed by atoms with E-state index in [2.05, 4.69) is 5.32 Å². The highest BCUT2D eigenvalue weighted by atomic mass is 19.1. The van der Waals surface area contributed by atoms with Gasteiger partial charge in [0.2, 0.25) is 11.8 Å². The number of hydrogen-bond donors (Lipinski definition) is 1. The summed E-state index contributed by atoms with van der Waals surface area (Å²) in [7, 11) is 3.92. The molecule has 2 amide bonds. The lowest BCUT2D eigenvalue weighted by Gasteiger charge is -2.18. The number of hydrogen-bond acceptors (Lipinski definition) is 3. The smallest absolute Gasteiger partial charge is 0.229 e. The van der Waals surface area contributed by atoms with Gasteiger partial charge in [0.25, 0.3) is 0 Å². The van der Waals surface area contributed by atoms with Crippen molar-refractivity contribution in [3.8, 4) is 0 Å². The van der Waals surface area contributed by atoms with Crippen molar-refractivity contribution < 1.29 is 18.4 Å². The Kier molecular flexibility index (Phi) is 5.65. The summed E-state index contributed by atoms with van der Waals surface area (Å²) in [6.45, 7) is 1.80. The summed E-state index contributed by atoms with van der Waals surface area (Å²) in [6.07, 6.45) is 0.955. The summed E-state index contributed by atoms with van der Waals surface area (Å²) in [4.78, 5) is 27.8. The van der Waals surface area contributed by atoms with Gasteiger partial charge in [0.15, 0.2) is 0 Å². The Balaban J connectivity index is 1.89. The topological polar surface area (TPSA) is 52.6 Å². The van der Waals surface area contributed by atoms with Crippen LogP contribution in [0.25, 0.3) is 0 Å². The van der Waals surface area contributed by atoms with E-state index in [1.807, 2.05) is 19.0 Å². The molecule has 1 atom stereocenters. The molecule has 23 heavy (non-hydrogen) atoms. The monoisotopic (exact) mass is 325 g/mol. The van der Waals surface area contributed by atoms with E-state index in [4.69, 9.17) is 0 Å². The first-order valence-corrected chi connectivity index (χ1v) is 7.55. The predicted molar refractivity (Wildman–Crippen MR) is 82.8 cm³/mol. The summed E-state index contributed by atoms with van der Waals surface area (Å²) >= 11 is 0. The summed E-state index contributed by atoms with van der Waals surface area (Å²) in [6, 6.07) is 2.96. The van der Waals surface area contributed by atoms with Crippen molar-refractivity contribution in [2.24, 2.45) is 5.92 Å². The molecule has 0 spiro atoms. The molecule has 1 aromatic carbocycles. The molecule has 1 aliphatic rings. The lowest BCUT2D eigenvalue weighted by Crippen LogP contribution is -2.30. The Morgan fingerprint density at radius 2 is 2.13 bits per heavy atom. The summed E-state index contributed by atoms with van der Waals surface area (Å²) in [5.41, 5.74) is -0.0742. The van der Waals surface area contributed by atoms with Gasteiger partial charge >= 0.3 is 0 Å². The van der Waals surface area contributed by atoms with Crippen molar-refractivity contribution in [3.63, 3.8) is 0 Å². The summed E-state index contributed by atoms with van der Waals surface area (Å²) in [5.74, 6) is -2.53. The molecule has 7 heteroatoms. The fraction of sp³-hybridized carbons (Fsp3) is 0.500. The minimum absolute atomic E-state index is 0.0662. The zero-order valence-electron chi connectivity index (χ0n) is 13.3. The van der Waals surface area contributed by atoms with Crippen LogP contribution in [-0.2, 0) is 9.59 Å². The first-order valence-electron chi connectivity index (χ1n) is 7.55. The van der Waals surface area contributed by atoms with Crippen LogP contribution in [0.15, 0.2) is 18.2 Å². The third-order valence-corrected chi connectivity index (χ3v) is 3.81. The van der Waals surface area contributed by atoms with Crippen LogP contribution in [0.3, 0.4) is 0 Å². The van der Waals surface area contributed by atoms with Gasteiger partial charge in [0.1, 0.15) is 11.6 Å². The molecule has 0 bridgehead atoms. The van der Waals surface area contributed by atoms with Gasteiger partial charge in [0.05, 0.1) is 11.6 Å². The van der Waals surface area contributed by atoms with Crippen LogP contribution >= 0.6 is 0 Å². The first kappa shape index (κ1) is 17.3. The number of nitrogens with one attached hydrogen (secondary N) is 1. The molecule has 1 saturated heterocycles. The molecule has 126 valence electrons. The predicted octanol–water partition coefficient (Wildman–Crippen LogP) is 1.70. The average Bonchev–Trinajstić information content (AvgIpc) is 2.83. The van der Waals surface area contributed by atoms with E-state index in [0.29, 0.717) is 19.2 Å². The van der Waals surface area contributed by atoms with E-state index < -0.39 is 23.5 Å². The van der Waals surface area contributed by atoms with E-state index in [9.17, 15) is 18.4 Å². The van der Waals surface area contributed by atoms with Crippen LogP contribution in [0.4, 0.5) is 14.5 Å². The van der Waals surface area contributed by atoms with Crippen molar-refractivity contribution >= 4 is 17.5 Å². The highest BCUT2D eigenvalue weighted by molar-refractivity contribution is 5.97. The van der Waals surface area contributed by atoms with Crippen molar-refractivity contribution in [1.29, 1.82) is 0 Å². The maximum Gasteiger partial charge on any atom is 0.229 e. The van der Waals surface area contributed by atoms with Crippen molar-refractivity contribution in [2.45, 2.75) is 12.8 Å². The maximum atomic E-state index is 13.6. The standard InChI is InChI=1S/C16H21F2N3O2/c1-20(2)6-3-7-21-10-11(8-15(21)22)16(23)19-14-5-4-12(17)9-13(14)18/h4-5,9,11H,3,6-8,10H2,1-2H3,(H,19,23). The van der Waals surface area contributed by atoms with Crippen LogP contribution in [-0.4, -0.2) is 55.3 Å². The Hall–Kier alpha value is -2.02. The highest BCUT2D eigenvalue weighted by Gasteiger charge is 2.34. The second-order valence-electron chi connectivity index (χ2n) is 6.01. The molecule has 1 heterocycles. The van der Waals surface area contributed by atoms with E-state index in [0.717, 1.165) is 19.0 Å². The van der Waals surface area contributed by atoms with E-state index in [-0.39, 0.29) is 18.0 Å². The molecule has 0 aromatic heterocycles. The van der Waals surface area contributed by atoms with Crippen molar-refractivity contribution in [1.82, 2.24) is 9.80 Å². The number of carbonyl (C=O) groups excluding carboxylic acids is 2. The lowest BCUT2D eigenvalue weighted by atomic mass is 10.1. The molecule has 1 unspecified atom stereocenters.